The van der Waals surface area contributed by atoms with Gasteiger partial charge < -0.3 is 52.2 Å². The van der Waals surface area contributed by atoms with Crippen molar-refractivity contribution in [2.75, 3.05) is 29.0 Å². The second-order valence-corrected chi connectivity index (χ2v) is 8.58. The summed E-state index contributed by atoms with van der Waals surface area (Å²) in [6, 6.07) is 4.47. The van der Waals surface area contributed by atoms with E-state index in [1.807, 2.05) is 0 Å². The number of halogens is 2. The first-order valence-electron chi connectivity index (χ1n) is 11.4. The van der Waals surface area contributed by atoms with Crippen LogP contribution in [0.5, 0.6) is 0 Å². The lowest BCUT2D eigenvalue weighted by Gasteiger charge is -2.04. The van der Waals surface area contributed by atoms with Gasteiger partial charge in [0.25, 0.3) is 17.7 Å². The molecule has 41 heavy (non-hydrogen) atoms. The third-order valence-electron chi connectivity index (χ3n) is 5.36. The van der Waals surface area contributed by atoms with Gasteiger partial charge in [0.05, 0.1) is 23.6 Å². The fourth-order valence-corrected chi connectivity index (χ4v) is 3.60. The fourth-order valence-electron chi connectivity index (χ4n) is 3.60. The van der Waals surface area contributed by atoms with Crippen molar-refractivity contribution < 1.29 is 19.2 Å². The van der Waals surface area contributed by atoms with Crippen LogP contribution in [0.4, 0.5) is 17.1 Å². The SMILES string of the molecule is Cl.Cl.Cn1cc(NC(=O)c2cc(NC(=O)c3cc(NC(=O)CN=C(N)N)cn3C)cn2C)cc1C(=O)NCC(=N)N. The molecule has 11 N–H and O–H groups in total. The number of amides is 4. The number of amidine groups is 1. The molecule has 0 atom stereocenters. The number of nitrogens with one attached hydrogen (secondary N) is 5. The van der Waals surface area contributed by atoms with Crippen molar-refractivity contribution >= 4 is 77.3 Å². The van der Waals surface area contributed by atoms with Crippen molar-refractivity contribution in [3.63, 3.8) is 0 Å². The molecule has 3 heterocycles. The van der Waals surface area contributed by atoms with Gasteiger partial charge in [-0.25, -0.2) is 4.99 Å². The zero-order valence-corrected chi connectivity index (χ0v) is 24.0. The van der Waals surface area contributed by atoms with Gasteiger partial charge in [-0.15, -0.1) is 24.8 Å². The zero-order chi connectivity index (χ0) is 28.9. The van der Waals surface area contributed by atoms with Crippen molar-refractivity contribution in [3.05, 3.63) is 53.9 Å². The van der Waals surface area contributed by atoms with E-state index < -0.39 is 23.6 Å². The van der Waals surface area contributed by atoms with E-state index in [1.54, 1.807) is 39.7 Å². The van der Waals surface area contributed by atoms with Crippen molar-refractivity contribution in [2.24, 2.45) is 43.3 Å². The van der Waals surface area contributed by atoms with Crippen LogP contribution in [0.25, 0.3) is 0 Å². The van der Waals surface area contributed by atoms with E-state index in [0.717, 1.165) is 0 Å². The molecule has 0 saturated heterocycles. The Bertz CT molecular complexity index is 1480. The molecule has 18 heteroatoms. The highest BCUT2D eigenvalue weighted by Crippen LogP contribution is 2.19. The molecule has 3 rings (SSSR count). The molecule has 4 amide bonds. The Morgan fingerprint density at radius 3 is 1.51 bits per heavy atom. The summed E-state index contributed by atoms with van der Waals surface area (Å²) in [5.41, 5.74) is 17.6. The van der Waals surface area contributed by atoms with E-state index in [2.05, 4.69) is 26.3 Å². The minimum atomic E-state index is -0.469. The predicted molar refractivity (Wildman–Crippen MR) is 160 cm³/mol. The number of anilines is 3. The highest BCUT2D eigenvalue weighted by atomic mass is 35.5. The van der Waals surface area contributed by atoms with Crippen LogP contribution in [0, 0.1) is 5.41 Å². The van der Waals surface area contributed by atoms with Crippen LogP contribution in [-0.2, 0) is 25.9 Å². The molecule has 0 fully saturated rings. The summed E-state index contributed by atoms with van der Waals surface area (Å²) in [5, 5.41) is 17.8. The van der Waals surface area contributed by atoms with Crippen molar-refractivity contribution in [2.45, 2.75) is 0 Å². The van der Waals surface area contributed by atoms with Crippen LogP contribution in [0.1, 0.15) is 31.5 Å². The smallest absolute Gasteiger partial charge is 0.272 e. The molecule has 3 aromatic heterocycles. The maximum absolute atomic E-state index is 12.9. The second-order valence-electron chi connectivity index (χ2n) is 8.58. The standard InChI is InChI=1S/C23H30N12O4.2ClH/c1-33-10-13(5-15(33)20(37)28-7-18(24)25)31-22(39)17-6-14(11-35(17)3)32-21(38)16-4-12(9-34(16)2)30-19(36)8-29-23(26)27;;/h4-6,9-11H,7-8H2,1-3H3,(H3,24,25)(H,28,37)(H,30,36)(H,31,39)(H,32,38)(H4,26,27,29);2*1H. The lowest BCUT2D eigenvalue weighted by atomic mass is 10.3. The quantitative estimate of drug-likeness (QED) is 0.114. The predicted octanol–water partition coefficient (Wildman–Crippen LogP) is -0.0720. The van der Waals surface area contributed by atoms with E-state index in [9.17, 15) is 19.2 Å². The van der Waals surface area contributed by atoms with E-state index >= 15 is 0 Å². The van der Waals surface area contributed by atoms with Crippen molar-refractivity contribution in [1.29, 1.82) is 5.41 Å². The van der Waals surface area contributed by atoms with Gasteiger partial charge in [-0.3, -0.25) is 24.6 Å². The number of guanidine groups is 1. The van der Waals surface area contributed by atoms with Gasteiger partial charge in [0, 0.05) is 39.7 Å². The number of aliphatic imine (C=N–C) groups is 1. The largest absolute Gasteiger partial charge is 0.386 e. The number of rotatable bonds is 10. The molecule has 0 spiro atoms. The highest BCUT2D eigenvalue weighted by molar-refractivity contribution is 6.08. The summed E-state index contributed by atoms with van der Waals surface area (Å²) in [7, 11) is 4.92. The van der Waals surface area contributed by atoms with Gasteiger partial charge >= 0.3 is 0 Å². The average Bonchev–Trinajstić information content (AvgIpc) is 3.51. The molecule has 0 saturated carbocycles. The average molecular weight is 611 g/mol. The van der Waals surface area contributed by atoms with Gasteiger partial charge in [-0.05, 0) is 18.2 Å². The molecule has 0 aromatic carbocycles. The summed E-state index contributed by atoms with van der Waals surface area (Å²) >= 11 is 0. The molecule has 3 aromatic rings. The summed E-state index contributed by atoms with van der Waals surface area (Å²) in [5.74, 6) is -2.24. The number of nitrogens with zero attached hydrogens (tertiary/aromatic N) is 4. The zero-order valence-electron chi connectivity index (χ0n) is 22.3. The molecule has 16 nitrogen and oxygen atoms in total. The van der Waals surface area contributed by atoms with Gasteiger partial charge in [0.15, 0.2) is 5.96 Å². The van der Waals surface area contributed by atoms with Crippen LogP contribution in [-0.4, -0.2) is 62.2 Å². The molecular formula is C23H32Cl2N12O4. The van der Waals surface area contributed by atoms with Crippen LogP contribution in [0.2, 0.25) is 0 Å². The van der Waals surface area contributed by atoms with E-state index in [0.29, 0.717) is 17.1 Å². The van der Waals surface area contributed by atoms with Crippen LogP contribution >= 0.6 is 24.8 Å². The number of hydrogen-bond acceptors (Lipinski definition) is 6. The number of aryl methyl sites for hydroxylation is 3. The summed E-state index contributed by atoms with van der Waals surface area (Å²) in [6.45, 7) is -0.355. The molecule has 222 valence electrons. The number of aromatic nitrogens is 3. The van der Waals surface area contributed by atoms with Crippen molar-refractivity contribution in [3.8, 4) is 0 Å². The van der Waals surface area contributed by atoms with Crippen LogP contribution in [0.3, 0.4) is 0 Å². The first-order valence-corrected chi connectivity index (χ1v) is 11.4. The highest BCUT2D eigenvalue weighted by Gasteiger charge is 2.19. The first kappa shape index (κ1) is 34.1. The Labute approximate surface area is 247 Å². The monoisotopic (exact) mass is 610 g/mol. The molecule has 0 bridgehead atoms. The number of carbonyl (C=O) groups excluding carboxylic acids is 4. The van der Waals surface area contributed by atoms with Gasteiger partial charge in [-0.1, -0.05) is 0 Å². The van der Waals surface area contributed by atoms with E-state index in [-0.39, 0.29) is 66.8 Å². The Morgan fingerprint density at radius 1 is 0.732 bits per heavy atom. The number of carbonyl (C=O) groups is 4. The minimum Gasteiger partial charge on any atom is -0.386 e. The van der Waals surface area contributed by atoms with Crippen LogP contribution < -0.4 is 38.5 Å². The summed E-state index contributed by atoms with van der Waals surface area (Å²) in [4.78, 5) is 53.6. The second kappa shape index (κ2) is 14.4. The summed E-state index contributed by atoms with van der Waals surface area (Å²) < 4.78 is 4.59. The molecule has 0 aliphatic carbocycles. The Balaban J connectivity index is 0.00000420. The van der Waals surface area contributed by atoms with E-state index in [4.69, 9.17) is 22.6 Å². The normalized spacial score (nSPS) is 9.93. The van der Waals surface area contributed by atoms with Gasteiger partial charge in [0.1, 0.15) is 29.5 Å². The molecular weight excluding hydrogens is 579 g/mol. The van der Waals surface area contributed by atoms with E-state index in [1.165, 1.54) is 31.9 Å². The Morgan fingerprint density at radius 2 is 1.12 bits per heavy atom. The Hall–Kier alpha value is -4.96. The lowest BCUT2D eigenvalue weighted by Crippen LogP contribution is -2.33. The van der Waals surface area contributed by atoms with Gasteiger partial charge in [0.2, 0.25) is 5.91 Å². The van der Waals surface area contributed by atoms with Gasteiger partial charge in [-0.2, -0.15) is 0 Å². The topological polar surface area (TPSA) is 245 Å². The lowest BCUT2D eigenvalue weighted by molar-refractivity contribution is -0.114. The Kier molecular flexibility index (Phi) is 12.0. The third kappa shape index (κ3) is 9.04. The molecule has 0 radical (unpaired) electrons. The maximum atomic E-state index is 12.9. The fraction of sp³-hybridized carbons (Fsp3) is 0.217. The van der Waals surface area contributed by atoms with Crippen LogP contribution in [0.15, 0.2) is 41.8 Å². The molecule has 0 unspecified atom stereocenters. The first-order chi connectivity index (χ1) is 18.3. The van der Waals surface area contributed by atoms with Crippen molar-refractivity contribution in [1.82, 2.24) is 19.0 Å². The number of hydrogen-bond donors (Lipinski definition) is 8. The third-order valence-corrected chi connectivity index (χ3v) is 5.36. The molecule has 0 aliphatic heterocycles. The molecule has 0 aliphatic rings. The minimum absolute atomic E-state index is 0. The summed E-state index contributed by atoms with van der Waals surface area (Å²) in [6.07, 6.45) is 4.69. The number of nitrogens with two attached hydrogens (primary N) is 3. The maximum Gasteiger partial charge on any atom is 0.272 e.